The van der Waals surface area contributed by atoms with Crippen molar-refractivity contribution < 1.29 is 23.7 Å². The molecule has 2 aromatic heterocycles. The highest BCUT2D eigenvalue weighted by molar-refractivity contribution is 6.05. The minimum atomic E-state index is -0.493. The van der Waals surface area contributed by atoms with Gasteiger partial charge in [-0.2, -0.15) is 5.10 Å². The summed E-state index contributed by atoms with van der Waals surface area (Å²) in [6.07, 6.45) is 1.56. The molecule has 2 aromatic carbocycles. The Morgan fingerprint density at radius 2 is 1.74 bits per heavy atom. The second kappa shape index (κ2) is 10.3. The van der Waals surface area contributed by atoms with Crippen molar-refractivity contribution in [1.82, 2.24) is 9.78 Å². The van der Waals surface area contributed by atoms with Crippen molar-refractivity contribution in [3.05, 3.63) is 100 Å². The zero-order valence-electron chi connectivity index (χ0n) is 18.6. The number of benzene rings is 2. The van der Waals surface area contributed by atoms with Crippen molar-refractivity contribution in [2.75, 3.05) is 10.6 Å². The Balaban J connectivity index is 1.34. The summed E-state index contributed by atoms with van der Waals surface area (Å²) in [5, 5.41) is 20.3. The first-order valence-electron chi connectivity index (χ1n) is 10.6. The molecule has 11 heteroatoms. The van der Waals surface area contributed by atoms with Gasteiger partial charge in [0.1, 0.15) is 23.8 Å². The van der Waals surface area contributed by atoms with Crippen LogP contribution in [0.15, 0.2) is 77.3 Å². The lowest BCUT2D eigenvalue weighted by Crippen LogP contribution is -2.17. The number of nitrogens with one attached hydrogen (secondary N) is 2. The number of carbonyl (C=O) groups excluding carboxylic acids is 2. The third kappa shape index (κ3) is 5.71. The van der Waals surface area contributed by atoms with Crippen molar-refractivity contribution >= 4 is 28.9 Å². The topological polar surface area (TPSA) is 142 Å². The Hall–Kier alpha value is -4.93. The molecule has 0 spiro atoms. The van der Waals surface area contributed by atoms with E-state index in [1.807, 2.05) is 6.92 Å². The zero-order valence-corrected chi connectivity index (χ0v) is 18.6. The molecule has 0 aliphatic heterocycles. The molecule has 0 saturated heterocycles. The van der Waals surface area contributed by atoms with Crippen molar-refractivity contribution in [2.24, 2.45) is 0 Å². The summed E-state index contributed by atoms with van der Waals surface area (Å²) in [6, 6.07) is 17.1. The van der Waals surface area contributed by atoms with Gasteiger partial charge in [-0.1, -0.05) is 6.07 Å². The fourth-order valence-corrected chi connectivity index (χ4v) is 3.24. The molecule has 35 heavy (non-hydrogen) atoms. The summed E-state index contributed by atoms with van der Waals surface area (Å²) in [4.78, 5) is 35.3. The number of nitro groups is 1. The highest BCUT2D eigenvalue weighted by Crippen LogP contribution is 2.20. The summed E-state index contributed by atoms with van der Waals surface area (Å²) >= 11 is 0. The monoisotopic (exact) mass is 475 g/mol. The molecule has 0 aliphatic rings. The number of aryl methyl sites for hydroxylation is 1. The van der Waals surface area contributed by atoms with Crippen LogP contribution in [0, 0.1) is 10.1 Å². The lowest BCUT2D eigenvalue weighted by Gasteiger charge is -2.09. The van der Waals surface area contributed by atoms with Crippen LogP contribution in [-0.2, 0) is 13.2 Å². The SMILES string of the molecule is CCn1nccc1C(=O)Nc1cccc(NC(=O)c2ccc(COc3ccc([N+](=O)[O-])cc3)o2)c1. The molecule has 4 rings (SSSR count). The Morgan fingerprint density at radius 3 is 2.43 bits per heavy atom. The number of furan rings is 1. The Labute approximate surface area is 199 Å². The number of amides is 2. The van der Waals surface area contributed by atoms with E-state index in [0.717, 1.165) is 0 Å². The van der Waals surface area contributed by atoms with E-state index in [9.17, 15) is 19.7 Å². The summed E-state index contributed by atoms with van der Waals surface area (Å²) in [5.41, 5.74) is 1.37. The van der Waals surface area contributed by atoms with Crippen LogP contribution < -0.4 is 15.4 Å². The van der Waals surface area contributed by atoms with E-state index in [1.54, 1.807) is 47.3 Å². The van der Waals surface area contributed by atoms with Crippen LogP contribution in [-0.4, -0.2) is 26.5 Å². The molecule has 2 N–H and O–H groups in total. The number of aromatic nitrogens is 2. The number of non-ortho nitro benzene ring substituents is 1. The summed E-state index contributed by atoms with van der Waals surface area (Å²) < 4.78 is 12.7. The van der Waals surface area contributed by atoms with E-state index >= 15 is 0 Å². The van der Waals surface area contributed by atoms with Gasteiger partial charge in [-0.05, 0) is 55.5 Å². The molecule has 4 aromatic rings. The van der Waals surface area contributed by atoms with Gasteiger partial charge in [0.25, 0.3) is 17.5 Å². The summed E-state index contributed by atoms with van der Waals surface area (Å²) in [6.45, 7) is 2.50. The molecule has 0 aliphatic carbocycles. The Morgan fingerprint density at radius 1 is 1.03 bits per heavy atom. The number of rotatable bonds is 9. The third-order valence-corrected chi connectivity index (χ3v) is 4.94. The maximum atomic E-state index is 12.6. The zero-order chi connectivity index (χ0) is 24.8. The first-order valence-corrected chi connectivity index (χ1v) is 10.6. The third-order valence-electron chi connectivity index (χ3n) is 4.94. The quantitative estimate of drug-likeness (QED) is 0.268. The second-order valence-electron chi connectivity index (χ2n) is 7.33. The first kappa shape index (κ1) is 23.2. The Kier molecular flexibility index (Phi) is 6.86. The molecule has 0 saturated carbocycles. The molecule has 0 bridgehead atoms. The van der Waals surface area contributed by atoms with Gasteiger partial charge in [-0.15, -0.1) is 0 Å². The molecule has 11 nitrogen and oxygen atoms in total. The van der Waals surface area contributed by atoms with Crippen LogP contribution in [0.2, 0.25) is 0 Å². The molecular formula is C24H21N5O6. The number of carbonyl (C=O) groups is 2. The fourth-order valence-electron chi connectivity index (χ4n) is 3.24. The molecule has 0 atom stereocenters. The minimum absolute atomic E-state index is 0.0366. The van der Waals surface area contributed by atoms with Crippen LogP contribution in [0.4, 0.5) is 17.1 Å². The molecular weight excluding hydrogens is 454 g/mol. The number of nitrogens with zero attached hydrogens (tertiary/aromatic N) is 3. The predicted molar refractivity (Wildman–Crippen MR) is 126 cm³/mol. The number of hydrogen-bond acceptors (Lipinski definition) is 7. The minimum Gasteiger partial charge on any atom is -0.486 e. The highest BCUT2D eigenvalue weighted by atomic mass is 16.6. The normalized spacial score (nSPS) is 10.5. The van der Waals surface area contributed by atoms with Gasteiger partial charge < -0.3 is 19.8 Å². The van der Waals surface area contributed by atoms with E-state index in [0.29, 0.717) is 35.1 Å². The lowest BCUT2D eigenvalue weighted by molar-refractivity contribution is -0.384. The van der Waals surface area contributed by atoms with Gasteiger partial charge in [0.05, 0.1) is 4.92 Å². The average molecular weight is 475 g/mol. The first-order chi connectivity index (χ1) is 16.9. The molecule has 2 amide bonds. The van der Waals surface area contributed by atoms with Gasteiger partial charge in [0.15, 0.2) is 5.76 Å². The van der Waals surface area contributed by atoms with Gasteiger partial charge in [-0.25, -0.2) is 0 Å². The standard InChI is InChI=1S/C24H21N5O6/c1-2-28-21(12-13-25-28)23(30)26-16-4-3-5-17(14-16)27-24(31)22-11-10-20(35-22)15-34-19-8-6-18(7-9-19)29(32)33/h3-14H,2,15H2,1H3,(H,26,30)(H,27,31). The van der Waals surface area contributed by atoms with Gasteiger partial charge in [-0.3, -0.25) is 24.4 Å². The molecule has 0 fully saturated rings. The molecule has 2 heterocycles. The second-order valence-corrected chi connectivity index (χ2v) is 7.33. The van der Waals surface area contributed by atoms with Crippen molar-refractivity contribution in [3.63, 3.8) is 0 Å². The average Bonchev–Trinajstić information content (AvgIpc) is 3.53. The van der Waals surface area contributed by atoms with Crippen molar-refractivity contribution in [3.8, 4) is 5.75 Å². The van der Waals surface area contributed by atoms with E-state index in [1.165, 1.54) is 30.3 Å². The van der Waals surface area contributed by atoms with Crippen LogP contribution in [0.3, 0.4) is 0 Å². The van der Waals surface area contributed by atoms with Crippen molar-refractivity contribution in [2.45, 2.75) is 20.1 Å². The fraction of sp³-hybridized carbons (Fsp3) is 0.125. The maximum Gasteiger partial charge on any atom is 0.291 e. The summed E-state index contributed by atoms with van der Waals surface area (Å²) in [7, 11) is 0. The largest absolute Gasteiger partial charge is 0.486 e. The van der Waals surface area contributed by atoms with Crippen molar-refractivity contribution in [1.29, 1.82) is 0 Å². The van der Waals surface area contributed by atoms with E-state index < -0.39 is 10.8 Å². The Bertz CT molecular complexity index is 1360. The highest BCUT2D eigenvalue weighted by Gasteiger charge is 2.14. The van der Waals surface area contributed by atoms with E-state index in [2.05, 4.69) is 15.7 Å². The smallest absolute Gasteiger partial charge is 0.291 e. The van der Waals surface area contributed by atoms with Crippen LogP contribution in [0.1, 0.15) is 33.7 Å². The number of anilines is 2. The van der Waals surface area contributed by atoms with Crippen LogP contribution in [0.5, 0.6) is 5.75 Å². The van der Waals surface area contributed by atoms with Gasteiger partial charge >= 0.3 is 0 Å². The summed E-state index contributed by atoms with van der Waals surface area (Å²) in [5.74, 6) is 0.130. The number of ether oxygens (including phenoxy) is 1. The predicted octanol–water partition coefficient (Wildman–Crippen LogP) is 4.49. The van der Waals surface area contributed by atoms with Crippen LogP contribution in [0.25, 0.3) is 0 Å². The van der Waals surface area contributed by atoms with Crippen LogP contribution >= 0.6 is 0 Å². The van der Waals surface area contributed by atoms with E-state index in [4.69, 9.17) is 9.15 Å². The maximum absolute atomic E-state index is 12.6. The van der Waals surface area contributed by atoms with Gasteiger partial charge in [0.2, 0.25) is 0 Å². The van der Waals surface area contributed by atoms with E-state index in [-0.39, 0.29) is 24.0 Å². The van der Waals surface area contributed by atoms with Gasteiger partial charge in [0, 0.05) is 36.2 Å². The number of hydrogen-bond donors (Lipinski definition) is 2. The number of nitro benzene ring substituents is 1. The molecule has 0 radical (unpaired) electrons. The molecule has 0 unspecified atom stereocenters. The molecule has 178 valence electrons. The lowest BCUT2D eigenvalue weighted by atomic mass is 10.2.